The zero-order chi connectivity index (χ0) is 13.7. The van der Waals surface area contributed by atoms with E-state index in [-0.39, 0.29) is 5.91 Å². The van der Waals surface area contributed by atoms with E-state index in [0.717, 1.165) is 16.7 Å². The molecule has 1 N–H and O–H groups in total. The highest BCUT2D eigenvalue weighted by atomic mass is 16.5. The van der Waals surface area contributed by atoms with Gasteiger partial charge in [-0.25, -0.2) is 0 Å². The maximum Gasteiger partial charge on any atom is 0.253 e. The molecular weight excluding hydrogens is 238 g/mol. The first-order valence-electron chi connectivity index (χ1n) is 6.16. The second-order valence-corrected chi connectivity index (χ2v) is 4.18. The summed E-state index contributed by atoms with van der Waals surface area (Å²) < 4.78 is 5.34. The lowest BCUT2D eigenvalue weighted by molar-refractivity contribution is -0.130. The van der Waals surface area contributed by atoms with Gasteiger partial charge in [-0.15, -0.1) is 0 Å². The third-order valence-electron chi connectivity index (χ3n) is 3.05. The SMILES string of the molecule is CNC(=O)C(OC)c1ccccc1-c1ccccc1. The quantitative estimate of drug-likeness (QED) is 0.912. The highest BCUT2D eigenvalue weighted by Crippen LogP contribution is 2.29. The summed E-state index contributed by atoms with van der Waals surface area (Å²) in [4.78, 5) is 11.9. The lowest BCUT2D eigenvalue weighted by Crippen LogP contribution is -2.27. The Labute approximate surface area is 113 Å². The molecule has 2 aromatic carbocycles. The molecule has 0 aromatic heterocycles. The van der Waals surface area contributed by atoms with Crippen LogP contribution in [0.25, 0.3) is 11.1 Å². The molecule has 0 radical (unpaired) electrons. The van der Waals surface area contributed by atoms with Crippen molar-refractivity contribution in [3.8, 4) is 11.1 Å². The summed E-state index contributed by atoms with van der Waals surface area (Å²) in [6.07, 6.45) is -0.596. The molecule has 98 valence electrons. The number of methoxy groups -OCH3 is 1. The van der Waals surface area contributed by atoms with E-state index < -0.39 is 6.10 Å². The summed E-state index contributed by atoms with van der Waals surface area (Å²) in [6, 6.07) is 17.8. The zero-order valence-corrected chi connectivity index (χ0v) is 11.1. The van der Waals surface area contributed by atoms with Gasteiger partial charge in [-0.3, -0.25) is 4.79 Å². The van der Waals surface area contributed by atoms with Gasteiger partial charge in [-0.2, -0.15) is 0 Å². The summed E-state index contributed by atoms with van der Waals surface area (Å²) in [5, 5.41) is 2.63. The zero-order valence-electron chi connectivity index (χ0n) is 11.1. The van der Waals surface area contributed by atoms with Crippen molar-refractivity contribution in [1.29, 1.82) is 0 Å². The molecule has 3 heteroatoms. The van der Waals surface area contributed by atoms with Crippen molar-refractivity contribution in [3.63, 3.8) is 0 Å². The molecule has 2 aromatic rings. The highest BCUT2D eigenvalue weighted by Gasteiger charge is 2.21. The van der Waals surface area contributed by atoms with E-state index in [9.17, 15) is 4.79 Å². The van der Waals surface area contributed by atoms with Crippen LogP contribution in [0.3, 0.4) is 0 Å². The van der Waals surface area contributed by atoms with E-state index in [2.05, 4.69) is 5.32 Å². The van der Waals surface area contributed by atoms with Crippen molar-refractivity contribution >= 4 is 5.91 Å². The summed E-state index contributed by atoms with van der Waals surface area (Å²) in [6.45, 7) is 0. The topological polar surface area (TPSA) is 38.3 Å². The summed E-state index contributed by atoms with van der Waals surface area (Å²) >= 11 is 0. The van der Waals surface area contributed by atoms with Crippen molar-refractivity contribution in [2.75, 3.05) is 14.2 Å². The second kappa shape index (κ2) is 6.16. The van der Waals surface area contributed by atoms with Crippen molar-refractivity contribution in [3.05, 3.63) is 60.2 Å². The fourth-order valence-corrected chi connectivity index (χ4v) is 2.11. The van der Waals surface area contributed by atoms with Crippen LogP contribution >= 0.6 is 0 Å². The van der Waals surface area contributed by atoms with Gasteiger partial charge in [0.25, 0.3) is 5.91 Å². The number of ether oxygens (including phenoxy) is 1. The number of likely N-dealkylation sites (N-methyl/N-ethyl adjacent to an activating group) is 1. The van der Waals surface area contributed by atoms with Crippen LogP contribution in [0.4, 0.5) is 0 Å². The van der Waals surface area contributed by atoms with E-state index in [4.69, 9.17) is 4.74 Å². The van der Waals surface area contributed by atoms with Gasteiger partial charge in [-0.1, -0.05) is 54.6 Å². The van der Waals surface area contributed by atoms with Gasteiger partial charge in [0.2, 0.25) is 0 Å². The minimum atomic E-state index is -0.596. The number of benzene rings is 2. The van der Waals surface area contributed by atoms with Crippen LogP contribution in [0, 0.1) is 0 Å². The van der Waals surface area contributed by atoms with Crippen LogP contribution in [0.15, 0.2) is 54.6 Å². The van der Waals surface area contributed by atoms with Gasteiger partial charge < -0.3 is 10.1 Å². The fraction of sp³-hybridized carbons (Fsp3) is 0.188. The molecule has 0 saturated heterocycles. The van der Waals surface area contributed by atoms with Gasteiger partial charge in [0.15, 0.2) is 6.10 Å². The third-order valence-corrected chi connectivity index (χ3v) is 3.05. The van der Waals surface area contributed by atoms with Crippen LogP contribution in [-0.4, -0.2) is 20.1 Å². The number of carbonyl (C=O) groups is 1. The number of hydrogen-bond acceptors (Lipinski definition) is 2. The van der Waals surface area contributed by atoms with Crippen LogP contribution in [0.2, 0.25) is 0 Å². The normalized spacial score (nSPS) is 11.9. The van der Waals surface area contributed by atoms with Gasteiger partial charge >= 0.3 is 0 Å². The van der Waals surface area contributed by atoms with E-state index >= 15 is 0 Å². The van der Waals surface area contributed by atoms with Crippen LogP contribution in [0.1, 0.15) is 11.7 Å². The lowest BCUT2D eigenvalue weighted by Gasteiger charge is -2.18. The largest absolute Gasteiger partial charge is 0.367 e. The van der Waals surface area contributed by atoms with Crippen LogP contribution in [0.5, 0.6) is 0 Å². The van der Waals surface area contributed by atoms with Gasteiger partial charge in [0.1, 0.15) is 0 Å². The average molecular weight is 255 g/mol. The van der Waals surface area contributed by atoms with Gasteiger partial charge in [0.05, 0.1) is 0 Å². The molecule has 1 atom stereocenters. The minimum Gasteiger partial charge on any atom is -0.367 e. The Morgan fingerprint density at radius 1 is 1.05 bits per heavy atom. The van der Waals surface area contributed by atoms with Gasteiger partial charge in [-0.05, 0) is 16.7 Å². The molecule has 0 aliphatic rings. The van der Waals surface area contributed by atoms with Crippen molar-refractivity contribution in [2.45, 2.75) is 6.10 Å². The molecule has 0 aliphatic heterocycles. The van der Waals surface area contributed by atoms with Crippen LogP contribution < -0.4 is 5.32 Å². The van der Waals surface area contributed by atoms with Crippen LogP contribution in [-0.2, 0) is 9.53 Å². The number of nitrogens with one attached hydrogen (secondary N) is 1. The molecule has 3 nitrogen and oxygen atoms in total. The second-order valence-electron chi connectivity index (χ2n) is 4.18. The van der Waals surface area contributed by atoms with E-state index in [1.165, 1.54) is 0 Å². The molecule has 0 saturated carbocycles. The predicted molar refractivity (Wildman–Crippen MR) is 75.7 cm³/mol. The van der Waals surface area contributed by atoms with Crippen molar-refractivity contribution in [2.24, 2.45) is 0 Å². The Kier molecular flexibility index (Phi) is 4.31. The number of amides is 1. The summed E-state index contributed by atoms with van der Waals surface area (Å²) in [7, 11) is 3.15. The predicted octanol–water partition coefficient (Wildman–Crippen LogP) is 2.79. The van der Waals surface area contributed by atoms with E-state index in [0.29, 0.717) is 0 Å². The molecule has 0 fully saturated rings. The standard InChI is InChI=1S/C16H17NO2/c1-17-16(18)15(19-2)14-11-7-6-10-13(14)12-8-4-3-5-9-12/h3-11,15H,1-2H3,(H,17,18). The summed E-state index contributed by atoms with van der Waals surface area (Å²) in [5.74, 6) is -0.147. The Morgan fingerprint density at radius 2 is 1.68 bits per heavy atom. The molecule has 1 unspecified atom stereocenters. The van der Waals surface area contributed by atoms with E-state index in [1.807, 2.05) is 54.6 Å². The molecule has 19 heavy (non-hydrogen) atoms. The molecular formula is C16H17NO2. The molecule has 0 heterocycles. The molecule has 1 amide bonds. The number of rotatable bonds is 4. The lowest BCUT2D eigenvalue weighted by atomic mass is 9.96. The first-order valence-corrected chi connectivity index (χ1v) is 6.16. The van der Waals surface area contributed by atoms with Crippen molar-refractivity contribution < 1.29 is 9.53 Å². The molecule has 0 aliphatic carbocycles. The number of hydrogen-bond donors (Lipinski definition) is 1. The number of carbonyl (C=O) groups excluding carboxylic acids is 1. The third kappa shape index (κ3) is 2.83. The maximum atomic E-state index is 11.9. The summed E-state index contributed by atoms with van der Waals surface area (Å²) in [5.41, 5.74) is 2.96. The molecule has 0 spiro atoms. The Morgan fingerprint density at radius 3 is 2.32 bits per heavy atom. The first kappa shape index (κ1) is 13.3. The highest BCUT2D eigenvalue weighted by molar-refractivity contribution is 5.85. The first-order chi connectivity index (χ1) is 9.27. The van der Waals surface area contributed by atoms with Gasteiger partial charge in [0, 0.05) is 14.2 Å². The fourth-order valence-electron chi connectivity index (χ4n) is 2.11. The Balaban J connectivity index is 2.49. The van der Waals surface area contributed by atoms with Crippen molar-refractivity contribution in [1.82, 2.24) is 5.32 Å². The Hall–Kier alpha value is -2.13. The minimum absolute atomic E-state index is 0.147. The van der Waals surface area contributed by atoms with E-state index in [1.54, 1.807) is 14.2 Å². The maximum absolute atomic E-state index is 11.9. The molecule has 2 rings (SSSR count). The monoisotopic (exact) mass is 255 g/mol. The molecule has 0 bridgehead atoms. The Bertz CT molecular complexity index is 552. The average Bonchev–Trinajstić information content (AvgIpc) is 2.49. The smallest absolute Gasteiger partial charge is 0.253 e.